The Bertz CT molecular complexity index is 875. The van der Waals surface area contributed by atoms with Crippen LogP contribution in [-0.4, -0.2) is 25.7 Å². The molecule has 0 unspecified atom stereocenters. The lowest BCUT2D eigenvalue weighted by atomic mass is 10.2. The van der Waals surface area contributed by atoms with Gasteiger partial charge in [-0.25, -0.2) is 19.0 Å². The maximum absolute atomic E-state index is 13.0. The summed E-state index contributed by atoms with van der Waals surface area (Å²) >= 11 is 0. The lowest BCUT2D eigenvalue weighted by Gasteiger charge is -2.07. The van der Waals surface area contributed by atoms with E-state index in [9.17, 15) is 9.18 Å². The van der Waals surface area contributed by atoms with Crippen molar-refractivity contribution in [1.82, 2.24) is 25.1 Å². The number of carbonyl (C=O) groups excluding carboxylic acids is 1. The van der Waals surface area contributed by atoms with E-state index in [2.05, 4.69) is 20.4 Å². The van der Waals surface area contributed by atoms with Gasteiger partial charge >= 0.3 is 0 Å². The number of rotatable bonds is 4. The lowest BCUT2D eigenvalue weighted by Crippen LogP contribution is -2.24. The van der Waals surface area contributed by atoms with Crippen LogP contribution in [0.3, 0.4) is 0 Å². The van der Waals surface area contributed by atoms with E-state index < -0.39 is 0 Å². The summed E-state index contributed by atoms with van der Waals surface area (Å²) < 4.78 is 14.6. The zero-order valence-corrected chi connectivity index (χ0v) is 12.9. The van der Waals surface area contributed by atoms with Gasteiger partial charge in [0.2, 0.25) is 0 Å². The lowest BCUT2D eigenvalue weighted by molar-refractivity contribution is 0.0950. The van der Waals surface area contributed by atoms with E-state index in [1.807, 2.05) is 0 Å². The zero-order chi connectivity index (χ0) is 17.1. The highest BCUT2D eigenvalue weighted by atomic mass is 19.1. The number of anilines is 1. The van der Waals surface area contributed by atoms with Crippen molar-refractivity contribution in [2.45, 2.75) is 13.5 Å². The molecule has 2 aromatic heterocycles. The Balaban J connectivity index is 1.76. The normalized spacial score (nSPS) is 10.6. The van der Waals surface area contributed by atoms with Gasteiger partial charge in [-0.05, 0) is 31.2 Å². The first-order valence-electron chi connectivity index (χ1n) is 7.19. The van der Waals surface area contributed by atoms with Gasteiger partial charge in [0.25, 0.3) is 5.91 Å². The minimum absolute atomic E-state index is 0.215. The number of hydrogen-bond acceptors (Lipinski definition) is 5. The van der Waals surface area contributed by atoms with Crippen LogP contribution in [0.2, 0.25) is 0 Å². The van der Waals surface area contributed by atoms with Crippen LogP contribution < -0.4 is 11.1 Å². The molecule has 0 aliphatic carbocycles. The van der Waals surface area contributed by atoms with Crippen LogP contribution in [0.5, 0.6) is 0 Å². The molecule has 3 N–H and O–H groups in total. The molecule has 1 amide bonds. The second-order valence-corrected chi connectivity index (χ2v) is 5.15. The van der Waals surface area contributed by atoms with Gasteiger partial charge < -0.3 is 11.1 Å². The smallest absolute Gasteiger partial charge is 0.255 e. The Hall–Kier alpha value is -3.29. The number of nitrogen functional groups attached to an aromatic ring is 1. The maximum atomic E-state index is 13.0. The second kappa shape index (κ2) is 6.45. The number of nitrogens with zero attached hydrogens (tertiary/aromatic N) is 4. The first kappa shape index (κ1) is 15.6. The molecule has 24 heavy (non-hydrogen) atoms. The van der Waals surface area contributed by atoms with Crippen LogP contribution in [0, 0.1) is 12.7 Å². The Morgan fingerprint density at radius 3 is 2.75 bits per heavy atom. The number of benzene rings is 1. The summed E-state index contributed by atoms with van der Waals surface area (Å²) in [4.78, 5) is 20.1. The molecule has 8 heteroatoms. The topological polar surface area (TPSA) is 98.7 Å². The molecule has 3 rings (SSSR count). The van der Waals surface area contributed by atoms with Gasteiger partial charge in [0, 0.05) is 18.3 Å². The molecule has 0 aliphatic heterocycles. The standard InChI is InChI=1S/C16H15FN6O/c1-10-14(8-22-23(10)13-4-2-12(17)3-5-13)16(24)20-7-11-6-19-9-21-15(11)18/h2-6,8-9H,7H2,1H3,(H,20,24)(H2,18,19,21). The van der Waals surface area contributed by atoms with Crippen LogP contribution in [0.1, 0.15) is 21.6 Å². The van der Waals surface area contributed by atoms with Gasteiger partial charge in [-0.15, -0.1) is 0 Å². The quantitative estimate of drug-likeness (QED) is 0.759. The molecule has 0 spiro atoms. The largest absolute Gasteiger partial charge is 0.383 e. The number of aromatic nitrogens is 4. The predicted octanol–water partition coefficient (Wildman–Crippen LogP) is 1.62. The van der Waals surface area contributed by atoms with Crippen molar-refractivity contribution in [2.75, 3.05) is 5.73 Å². The minimum Gasteiger partial charge on any atom is -0.383 e. The number of hydrogen-bond donors (Lipinski definition) is 2. The van der Waals surface area contributed by atoms with Gasteiger partial charge in [0.05, 0.1) is 23.1 Å². The van der Waals surface area contributed by atoms with Crippen LogP contribution in [0.4, 0.5) is 10.2 Å². The first-order valence-corrected chi connectivity index (χ1v) is 7.19. The fraction of sp³-hybridized carbons (Fsp3) is 0.125. The average Bonchev–Trinajstić information content (AvgIpc) is 2.96. The van der Waals surface area contributed by atoms with E-state index >= 15 is 0 Å². The van der Waals surface area contributed by atoms with E-state index in [1.54, 1.807) is 29.9 Å². The third kappa shape index (κ3) is 3.07. The molecule has 0 fully saturated rings. The number of amides is 1. The summed E-state index contributed by atoms with van der Waals surface area (Å²) in [6.07, 6.45) is 4.37. The van der Waals surface area contributed by atoms with Crippen LogP contribution in [-0.2, 0) is 6.54 Å². The molecule has 0 atom stereocenters. The Morgan fingerprint density at radius 2 is 2.04 bits per heavy atom. The van der Waals surface area contributed by atoms with Crippen LogP contribution in [0.25, 0.3) is 5.69 Å². The summed E-state index contributed by atoms with van der Waals surface area (Å²) in [6, 6.07) is 5.88. The fourth-order valence-corrected chi connectivity index (χ4v) is 2.25. The highest BCUT2D eigenvalue weighted by molar-refractivity contribution is 5.95. The predicted molar refractivity (Wildman–Crippen MR) is 85.9 cm³/mol. The van der Waals surface area contributed by atoms with Gasteiger partial charge in [-0.1, -0.05) is 0 Å². The highest BCUT2D eigenvalue weighted by Crippen LogP contribution is 2.15. The molecule has 0 bridgehead atoms. The molecular formula is C16H15FN6O. The first-order chi connectivity index (χ1) is 11.6. The SMILES string of the molecule is Cc1c(C(=O)NCc2cncnc2N)cnn1-c1ccc(F)cc1. The summed E-state index contributed by atoms with van der Waals surface area (Å²) in [5.41, 5.74) is 8.10. The van der Waals surface area contributed by atoms with Crippen molar-refractivity contribution in [3.05, 3.63) is 65.6 Å². The molecule has 0 radical (unpaired) electrons. The van der Waals surface area contributed by atoms with Gasteiger partial charge in [0.1, 0.15) is 18.0 Å². The van der Waals surface area contributed by atoms with Crippen molar-refractivity contribution >= 4 is 11.7 Å². The van der Waals surface area contributed by atoms with Crippen molar-refractivity contribution in [3.8, 4) is 5.69 Å². The molecule has 122 valence electrons. The molecule has 0 aliphatic rings. The molecule has 2 heterocycles. The van der Waals surface area contributed by atoms with E-state index in [0.29, 0.717) is 28.3 Å². The number of nitrogens with two attached hydrogens (primary N) is 1. The minimum atomic E-state index is -0.329. The Labute approximate surface area is 137 Å². The van der Waals surface area contributed by atoms with Crippen molar-refractivity contribution in [2.24, 2.45) is 0 Å². The maximum Gasteiger partial charge on any atom is 0.255 e. The molecule has 0 saturated heterocycles. The Morgan fingerprint density at radius 1 is 1.29 bits per heavy atom. The summed E-state index contributed by atoms with van der Waals surface area (Å²) in [7, 11) is 0. The van der Waals surface area contributed by atoms with Crippen LogP contribution >= 0.6 is 0 Å². The van der Waals surface area contributed by atoms with Gasteiger partial charge in [-0.2, -0.15) is 5.10 Å². The Kier molecular flexibility index (Phi) is 4.19. The van der Waals surface area contributed by atoms with Crippen molar-refractivity contribution in [1.29, 1.82) is 0 Å². The number of halogens is 1. The number of nitrogens with one attached hydrogen (secondary N) is 1. The fourth-order valence-electron chi connectivity index (χ4n) is 2.25. The van der Waals surface area contributed by atoms with E-state index in [1.165, 1.54) is 24.7 Å². The van der Waals surface area contributed by atoms with E-state index in [-0.39, 0.29) is 18.3 Å². The summed E-state index contributed by atoms with van der Waals surface area (Å²) in [5, 5.41) is 6.95. The van der Waals surface area contributed by atoms with E-state index in [4.69, 9.17) is 5.73 Å². The van der Waals surface area contributed by atoms with Gasteiger partial charge in [-0.3, -0.25) is 4.79 Å². The monoisotopic (exact) mass is 326 g/mol. The summed E-state index contributed by atoms with van der Waals surface area (Å²) in [5.74, 6) is -0.294. The average molecular weight is 326 g/mol. The molecule has 3 aromatic rings. The second-order valence-electron chi connectivity index (χ2n) is 5.15. The highest BCUT2D eigenvalue weighted by Gasteiger charge is 2.15. The van der Waals surface area contributed by atoms with E-state index in [0.717, 1.165) is 0 Å². The third-order valence-corrected chi connectivity index (χ3v) is 3.59. The van der Waals surface area contributed by atoms with Gasteiger partial charge in [0.15, 0.2) is 0 Å². The summed E-state index contributed by atoms with van der Waals surface area (Å²) in [6.45, 7) is 1.98. The van der Waals surface area contributed by atoms with Crippen LogP contribution in [0.15, 0.2) is 43.0 Å². The molecule has 7 nitrogen and oxygen atoms in total. The molecular weight excluding hydrogens is 311 g/mol. The number of carbonyl (C=O) groups is 1. The zero-order valence-electron chi connectivity index (χ0n) is 12.9. The molecule has 1 aromatic carbocycles. The third-order valence-electron chi connectivity index (χ3n) is 3.59. The van der Waals surface area contributed by atoms with Crippen molar-refractivity contribution < 1.29 is 9.18 Å². The molecule has 0 saturated carbocycles. The van der Waals surface area contributed by atoms with Crippen molar-refractivity contribution in [3.63, 3.8) is 0 Å².